The molecule has 1 unspecified atom stereocenters. The number of rotatable bonds is 4. The van der Waals surface area contributed by atoms with Crippen molar-refractivity contribution in [3.05, 3.63) is 17.1 Å². The van der Waals surface area contributed by atoms with Crippen molar-refractivity contribution in [2.75, 3.05) is 18.5 Å². The van der Waals surface area contributed by atoms with E-state index in [2.05, 4.69) is 19.2 Å². The van der Waals surface area contributed by atoms with Gasteiger partial charge in [0.25, 0.3) is 0 Å². The molecule has 2 heterocycles. The SMILES string of the molecule is CCCNc1nc(C2(C)CCCO2)nc2c1CCC2. The number of anilines is 1. The molecule has 2 aliphatic rings. The van der Waals surface area contributed by atoms with Gasteiger partial charge in [0, 0.05) is 24.4 Å². The Balaban J connectivity index is 1.97. The number of hydrogen-bond acceptors (Lipinski definition) is 4. The van der Waals surface area contributed by atoms with Gasteiger partial charge in [0.15, 0.2) is 5.82 Å². The molecule has 0 aromatic carbocycles. The van der Waals surface area contributed by atoms with Crippen LogP contribution in [0.3, 0.4) is 0 Å². The van der Waals surface area contributed by atoms with E-state index in [9.17, 15) is 0 Å². The highest BCUT2D eigenvalue weighted by Crippen LogP contribution is 2.36. The topological polar surface area (TPSA) is 47.0 Å². The van der Waals surface area contributed by atoms with E-state index in [1.807, 2.05) is 0 Å². The lowest BCUT2D eigenvalue weighted by Gasteiger charge is -2.23. The third-order valence-corrected chi connectivity index (χ3v) is 4.17. The second-order valence-corrected chi connectivity index (χ2v) is 5.78. The molecule has 0 radical (unpaired) electrons. The largest absolute Gasteiger partial charge is 0.370 e. The fourth-order valence-corrected chi connectivity index (χ4v) is 3.01. The Labute approximate surface area is 115 Å². The molecule has 1 atom stereocenters. The molecule has 19 heavy (non-hydrogen) atoms. The summed E-state index contributed by atoms with van der Waals surface area (Å²) in [5.41, 5.74) is 2.29. The molecule has 104 valence electrons. The lowest BCUT2D eigenvalue weighted by Crippen LogP contribution is -2.25. The summed E-state index contributed by atoms with van der Waals surface area (Å²) >= 11 is 0. The second kappa shape index (κ2) is 5.08. The van der Waals surface area contributed by atoms with Gasteiger partial charge in [-0.15, -0.1) is 0 Å². The summed E-state index contributed by atoms with van der Waals surface area (Å²) < 4.78 is 5.89. The maximum Gasteiger partial charge on any atom is 0.162 e. The van der Waals surface area contributed by atoms with Crippen molar-refractivity contribution < 1.29 is 4.74 Å². The standard InChI is InChI=1S/C15H23N3O/c1-3-9-16-13-11-6-4-7-12(11)17-14(18-13)15(2)8-5-10-19-15/h3-10H2,1-2H3,(H,16,17,18). The Morgan fingerprint density at radius 3 is 2.89 bits per heavy atom. The van der Waals surface area contributed by atoms with Crippen molar-refractivity contribution in [3.63, 3.8) is 0 Å². The number of hydrogen-bond donors (Lipinski definition) is 1. The average Bonchev–Trinajstić information content (AvgIpc) is 3.04. The Morgan fingerprint density at radius 2 is 2.16 bits per heavy atom. The van der Waals surface area contributed by atoms with Gasteiger partial charge in [-0.3, -0.25) is 0 Å². The lowest BCUT2D eigenvalue weighted by atomic mass is 10.0. The first-order valence-electron chi connectivity index (χ1n) is 7.51. The van der Waals surface area contributed by atoms with Crippen molar-refractivity contribution in [3.8, 4) is 0 Å². The van der Waals surface area contributed by atoms with Crippen LogP contribution in [0.15, 0.2) is 0 Å². The molecule has 4 heteroatoms. The monoisotopic (exact) mass is 261 g/mol. The van der Waals surface area contributed by atoms with Crippen LogP contribution in [0.2, 0.25) is 0 Å². The van der Waals surface area contributed by atoms with E-state index >= 15 is 0 Å². The van der Waals surface area contributed by atoms with Crippen LogP contribution >= 0.6 is 0 Å². The Bertz CT molecular complexity index is 467. The van der Waals surface area contributed by atoms with Gasteiger partial charge >= 0.3 is 0 Å². The van der Waals surface area contributed by atoms with Crippen LogP contribution in [0.25, 0.3) is 0 Å². The predicted octanol–water partition coefficient (Wildman–Crippen LogP) is 2.81. The summed E-state index contributed by atoms with van der Waals surface area (Å²) in [4.78, 5) is 9.59. The molecule has 0 amide bonds. The molecule has 3 rings (SSSR count). The van der Waals surface area contributed by atoms with Crippen LogP contribution in [0, 0.1) is 0 Å². The Kier molecular flexibility index (Phi) is 3.44. The van der Waals surface area contributed by atoms with Crippen LogP contribution in [-0.2, 0) is 23.2 Å². The quantitative estimate of drug-likeness (QED) is 0.905. The molecule has 1 saturated heterocycles. The summed E-state index contributed by atoms with van der Waals surface area (Å²) in [5, 5.41) is 3.47. The molecule has 1 fully saturated rings. The van der Waals surface area contributed by atoms with Crippen molar-refractivity contribution >= 4 is 5.82 Å². The molecular weight excluding hydrogens is 238 g/mol. The van der Waals surface area contributed by atoms with Crippen LogP contribution in [0.5, 0.6) is 0 Å². The van der Waals surface area contributed by atoms with E-state index in [0.29, 0.717) is 0 Å². The summed E-state index contributed by atoms with van der Waals surface area (Å²) in [6.07, 6.45) is 6.64. The Hall–Kier alpha value is -1.16. The summed E-state index contributed by atoms with van der Waals surface area (Å²) in [6, 6.07) is 0. The molecule has 1 aliphatic carbocycles. The summed E-state index contributed by atoms with van der Waals surface area (Å²) in [6.45, 7) is 6.10. The van der Waals surface area contributed by atoms with Crippen LogP contribution < -0.4 is 5.32 Å². The number of nitrogens with one attached hydrogen (secondary N) is 1. The van der Waals surface area contributed by atoms with Crippen molar-refractivity contribution in [2.45, 2.75) is 58.0 Å². The highest BCUT2D eigenvalue weighted by Gasteiger charge is 2.36. The second-order valence-electron chi connectivity index (χ2n) is 5.78. The Morgan fingerprint density at radius 1 is 1.26 bits per heavy atom. The van der Waals surface area contributed by atoms with Gasteiger partial charge in [0.1, 0.15) is 11.4 Å². The van der Waals surface area contributed by atoms with E-state index in [4.69, 9.17) is 14.7 Å². The first-order valence-corrected chi connectivity index (χ1v) is 7.51. The van der Waals surface area contributed by atoms with E-state index in [0.717, 1.165) is 56.9 Å². The minimum atomic E-state index is -0.278. The maximum absolute atomic E-state index is 5.89. The molecule has 1 aromatic heterocycles. The van der Waals surface area contributed by atoms with E-state index in [-0.39, 0.29) is 5.60 Å². The van der Waals surface area contributed by atoms with Gasteiger partial charge in [0.2, 0.25) is 0 Å². The predicted molar refractivity (Wildman–Crippen MR) is 75.4 cm³/mol. The zero-order chi connectivity index (χ0) is 13.3. The maximum atomic E-state index is 5.89. The van der Waals surface area contributed by atoms with Crippen molar-refractivity contribution in [2.24, 2.45) is 0 Å². The van der Waals surface area contributed by atoms with Crippen LogP contribution in [0.1, 0.15) is 56.6 Å². The number of ether oxygens (including phenoxy) is 1. The highest BCUT2D eigenvalue weighted by molar-refractivity contribution is 5.49. The molecule has 0 spiro atoms. The number of fused-ring (bicyclic) bond motifs is 1. The third-order valence-electron chi connectivity index (χ3n) is 4.17. The molecule has 4 nitrogen and oxygen atoms in total. The third kappa shape index (κ3) is 2.34. The minimum absolute atomic E-state index is 0.278. The molecule has 0 bridgehead atoms. The van der Waals surface area contributed by atoms with Gasteiger partial charge in [-0.05, 0) is 45.4 Å². The molecule has 1 aromatic rings. The lowest BCUT2D eigenvalue weighted by molar-refractivity contribution is 0.00928. The number of aromatic nitrogens is 2. The first kappa shape index (κ1) is 12.9. The van der Waals surface area contributed by atoms with Crippen molar-refractivity contribution in [1.29, 1.82) is 0 Å². The minimum Gasteiger partial charge on any atom is -0.370 e. The number of nitrogens with zero attached hydrogens (tertiary/aromatic N) is 2. The fraction of sp³-hybridized carbons (Fsp3) is 0.733. The zero-order valence-corrected chi connectivity index (χ0v) is 12.0. The summed E-state index contributed by atoms with van der Waals surface area (Å²) in [5.74, 6) is 1.93. The van der Waals surface area contributed by atoms with E-state index in [1.54, 1.807) is 0 Å². The average molecular weight is 261 g/mol. The zero-order valence-electron chi connectivity index (χ0n) is 12.0. The van der Waals surface area contributed by atoms with Gasteiger partial charge in [-0.1, -0.05) is 6.92 Å². The molecular formula is C15H23N3O. The molecule has 0 saturated carbocycles. The van der Waals surface area contributed by atoms with Crippen LogP contribution in [-0.4, -0.2) is 23.1 Å². The van der Waals surface area contributed by atoms with Gasteiger partial charge in [0.05, 0.1) is 0 Å². The van der Waals surface area contributed by atoms with Gasteiger partial charge in [-0.25, -0.2) is 9.97 Å². The van der Waals surface area contributed by atoms with Crippen molar-refractivity contribution in [1.82, 2.24) is 9.97 Å². The van der Waals surface area contributed by atoms with Crippen LogP contribution in [0.4, 0.5) is 5.82 Å². The van der Waals surface area contributed by atoms with Gasteiger partial charge in [-0.2, -0.15) is 0 Å². The normalized spacial score (nSPS) is 25.6. The highest BCUT2D eigenvalue weighted by atomic mass is 16.5. The smallest absolute Gasteiger partial charge is 0.162 e. The first-order chi connectivity index (χ1) is 9.23. The number of aryl methyl sites for hydroxylation is 1. The van der Waals surface area contributed by atoms with E-state index < -0.39 is 0 Å². The summed E-state index contributed by atoms with van der Waals surface area (Å²) in [7, 11) is 0. The molecule has 1 aliphatic heterocycles. The molecule has 1 N–H and O–H groups in total. The van der Waals surface area contributed by atoms with E-state index in [1.165, 1.54) is 17.7 Å². The van der Waals surface area contributed by atoms with Gasteiger partial charge < -0.3 is 10.1 Å². The fourth-order valence-electron chi connectivity index (χ4n) is 3.01.